The number of hydrogen-bond donors (Lipinski definition) is 2. The third-order valence-electron chi connectivity index (χ3n) is 2.19. The first-order chi connectivity index (χ1) is 7.34. The number of rotatable bonds is 3. The van der Waals surface area contributed by atoms with Crippen molar-refractivity contribution in [1.29, 1.82) is 0 Å². The Morgan fingerprint density at radius 1 is 1.44 bits per heavy atom. The van der Waals surface area contributed by atoms with Crippen LogP contribution in [0.5, 0.6) is 0 Å². The summed E-state index contributed by atoms with van der Waals surface area (Å²) in [4.78, 5) is 0. The van der Waals surface area contributed by atoms with Crippen molar-refractivity contribution >= 4 is 23.9 Å². The number of alkyl halides is 2. The Morgan fingerprint density at radius 3 is 2.44 bits per heavy atom. The molecule has 0 saturated heterocycles. The van der Waals surface area contributed by atoms with Crippen LogP contribution in [0.25, 0.3) is 5.57 Å². The fraction of sp³-hybridized carbons (Fsp3) is 0.273. The summed E-state index contributed by atoms with van der Waals surface area (Å²) in [5.41, 5.74) is 6.36. The first-order valence-corrected chi connectivity index (χ1v) is 5.07. The Balaban J connectivity index is 3.36. The minimum atomic E-state index is -2.68. The number of nitrogen functional groups attached to an aromatic ring is 1. The van der Waals surface area contributed by atoms with Gasteiger partial charge in [-0.15, -0.1) is 0 Å². The summed E-state index contributed by atoms with van der Waals surface area (Å²) in [5, 5.41) is -1.35. The lowest BCUT2D eigenvalue weighted by Crippen LogP contribution is -2.07. The van der Waals surface area contributed by atoms with Gasteiger partial charge in [0.25, 0.3) is 6.43 Å². The van der Waals surface area contributed by atoms with Gasteiger partial charge in [0, 0.05) is 0 Å². The van der Waals surface area contributed by atoms with Crippen LogP contribution >= 0.6 is 12.6 Å². The average Bonchev–Trinajstić information content (AvgIpc) is 2.19. The Kier molecular flexibility index (Phi) is 3.91. The Hall–Kier alpha value is -1.10. The zero-order chi connectivity index (χ0) is 12.5. The SMILES string of the molecule is C=C(C)c1cc(N)c(F)cc1[C@@H](S)C(F)F. The van der Waals surface area contributed by atoms with Gasteiger partial charge in [-0.05, 0) is 30.2 Å². The molecule has 0 aromatic heterocycles. The molecule has 0 radical (unpaired) electrons. The monoisotopic (exact) mass is 247 g/mol. The Bertz CT molecular complexity index is 418. The zero-order valence-electron chi connectivity index (χ0n) is 8.67. The van der Waals surface area contributed by atoms with Gasteiger partial charge < -0.3 is 5.73 Å². The highest BCUT2D eigenvalue weighted by molar-refractivity contribution is 7.80. The maximum Gasteiger partial charge on any atom is 0.254 e. The summed E-state index contributed by atoms with van der Waals surface area (Å²) in [5.74, 6) is -0.723. The van der Waals surface area contributed by atoms with Gasteiger partial charge in [0.2, 0.25) is 0 Å². The number of thiol groups is 1. The predicted molar refractivity (Wildman–Crippen MR) is 63.3 cm³/mol. The second-order valence-corrected chi connectivity index (χ2v) is 4.08. The molecule has 0 aliphatic heterocycles. The lowest BCUT2D eigenvalue weighted by molar-refractivity contribution is 0.146. The molecule has 1 rings (SSSR count). The second kappa shape index (κ2) is 4.82. The highest BCUT2D eigenvalue weighted by atomic mass is 32.1. The fourth-order valence-electron chi connectivity index (χ4n) is 1.36. The van der Waals surface area contributed by atoms with Crippen molar-refractivity contribution in [1.82, 2.24) is 0 Å². The van der Waals surface area contributed by atoms with Gasteiger partial charge in [0.1, 0.15) is 5.82 Å². The van der Waals surface area contributed by atoms with Crippen molar-refractivity contribution in [3.8, 4) is 0 Å². The summed E-state index contributed by atoms with van der Waals surface area (Å²) >= 11 is 3.76. The van der Waals surface area contributed by atoms with Crippen molar-refractivity contribution in [2.75, 3.05) is 5.73 Å². The third kappa shape index (κ3) is 2.52. The van der Waals surface area contributed by atoms with E-state index in [2.05, 4.69) is 19.2 Å². The number of anilines is 1. The molecule has 1 aromatic carbocycles. The molecular formula is C11H12F3NS. The molecule has 0 heterocycles. The average molecular weight is 247 g/mol. The lowest BCUT2D eigenvalue weighted by Gasteiger charge is -2.16. The van der Waals surface area contributed by atoms with Crippen LogP contribution in [0.15, 0.2) is 18.7 Å². The van der Waals surface area contributed by atoms with E-state index < -0.39 is 17.5 Å². The van der Waals surface area contributed by atoms with Crippen molar-refractivity contribution < 1.29 is 13.2 Å². The van der Waals surface area contributed by atoms with Gasteiger partial charge in [0.05, 0.1) is 10.9 Å². The van der Waals surface area contributed by atoms with Crippen LogP contribution in [-0.2, 0) is 0 Å². The summed E-state index contributed by atoms with van der Waals surface area (Å²) in [7, 11) is 0. The standard InChI is InChI=1S/C11H12F3NS/c1-5(2)6-4-9(15)8(12)3-7(6)10(16)11(13)14/h3-4,10-11,16H,1,15H2,2H3/t10-/m1/s1. The van der Waals surface area contributed by atoms with Gasteiger partial charge >= 0.3 is 0 Å². The van der Waals surface area contributed by atoms with Crippen LogP contribution in [0.3, 0.4) is 0 Å². The summed E-state index contributed by atoms with van der Waals surface area (Å²) in [6, 6.07) is 2.29. The van der Waals surface area contributed by atoms with E-state index in [1.807, 2.05) is 0 Å². The first kappa shape index (κ1) is 13.0. The van der Waals surface area contributed by atoms with Crippen LogP contribution in [-0.4, -0.2) is 6.43 Å². The van der Waals surface area contributed by atoms with E-state index in [4.69, 9.17) is 5.73 Å². The predicted octanol–water partition coefficient (Wildman–Crippen LogP) is 3.68. The van der Waals surface area contributed by atoms with Gasteiger partial charge in [-0.25, -0.2) is 13.2 Å². The highest BCUT2D eigenvalue weighted by Crippen LogP contribution is 2.34. The van der Waals surface area contributed by atoms with Crippen LogP contribution in [0, 0.1) is 5.82 Å². The van der Waals surface area contributed by atoms with Gasteiger partial charge in [-0.3, -0.25) is 0 Å². The summed E-state index contributed by atoms with van der Waals surface area (Å²) in [6.45, 7) is 5.28. The van der Waals surface area contributed by atoms with Gasteiger partial charge in [-0.2, -0.15) is 12.6 Å². The normalized spacial score (nSPS) is 12.9. The smallest absolute Gasteiger partial charge is 0.254 e. The number of halogens is 3. The molecule has 1 nitrogen and oxygen atoms in total. The number of allylic oxidation sites excluding steroid dienone is 1. The molecule has 0 spiro atoms. The summed E-state index contributed by atoms with van der Waals surface area (Å²) in [6.07, 6.45) is -2.68. The van der Waals surface area contributed by atoms with E-state index in [0.29, 0.717) is 11.1 Å². The summed E-state index contributed by atoms with van der Waals surface area (Å²) < 4.78 is 38.3. The maximum absolute atomic E-state index is 13.2. The number of hydrogen-bond acceptors (Lipinski definition) is 2. The van der Waals surface area contributed by atoms with E-state index in [1.54, 1.807) is 6.92 Å². The molecule has 0 aliphatic carbocycles. The molecule has 2 N–H and O–H groups in total. The fourth-order valence-corrected chi connectivity index (χ4v) is 1.57. The third-order valence-corrected chi connectivity index (χ3v) is 2.69. The lowest BCUT2D eigenvalue weighted by atomic mass is 9.98. The van der Waals surface area contributed by atoms with Crippen molar-refractivity contribution in [2.24, 2.45) is 0 Å². The van der Waals surface area contributed by atoms with E-state index in [9.17, 15) is 13.2 Å². The Labute approximate surface area is 97.6 Å². The Morgan fingerprint density at radius 2 is 2.00 bits per heavy atom. The second-order valence-electron chi connectivity index (χ2n) is 3.52. The maximum atomic E-state index is 13.2. The minimum Gasteiger partial charge on any atom is -0.396 e. The largest absolute Gasteiger partial charge is 0.396 e. The molecule has 88 valence electrons. The van der Waals surface area contributed by atoms with Crippen LogP contribution in [0.4, 0.5) is 18.9 Å². The van der Waals surface area contributed by atoms with E-state index >= 15 is 0 Å². The zero-order valence-corrected chi connectivity index (χ0v) is 9.57. The highest BCUT2D eigenvalue weighted by Gasteiger charge is 2.22. The van der Waals surface area contributed by atoms with Crippen molar-refractivity contribution in [3.63, 3.8) is 0 Å². The van der Waals surface area contributed by atoms with E-state index in [1.165, 1.54) is 6.07 Å². The molecule has 0 bridgehead atoms. The molecule has 0 amide bonds. The van der Waals surface area contributed by atoms with Crippen molar-refractivity contribution in [2.45, 2.75) is 18.6 Å². The molecule has 1 aromatic rings. The molecular weight excluding hydrogens is 235 g/mol. The molecule has 0 saturated carbocycles. The van der Waals surface area contributed by atoms with E-state index in [-0.39, 0.29) is 11.3 Å². The first-order valence-electron chi connectivity index (χ1n) is 4.55. The molecule has 0 aliphatic rings. The van der Waals surface area contributed by atoms with Crippen molar-refractivity contribution in [3.05, 3.63) is 35.7 Å². The number of nitrogens with two attached hydrogens (primary N) is 1. The van der Waals surface area contributed by atoms with Gasteiger partial charge in [-0.1, -0.05) is 12.2 Å². The minimum absolute atomic E-state index is 0.0865. The van der Waals surface area contributed by atoms with Crippen LogP contribution in [0.1, 0.15) is 23.3 Å². The van der Waals surface area contributed by atoms with Gasteiger partial charge in [0.15, 0.2) is 0 Å². The molecule has 0 fully saturated rings. The van der Waals surface area contributed by atoms with Crippen LogP contribution < -0.4 is 5.73 Å². The molecule has 0 unspecified atom stereocenters. The quantitative estimate of drug-likeness (QED) is 0.618. The molecule has 5 heteroatoms. The van der Waals surface area contributed by atoms with E-state index in [0.717, 1.165) is 6.07 Å². The number of benzene rings is 1. The van der Waals surface area contributed by atoms with Crippen LogP contribution in [0.2, 0.25) is 0 Å². The topological polar surface area (TPSA) is 26.0 Å². The molecule has 16 heavy (non-hydrogen) atoms. The molecule has 1 atom stereocenters.